The van der Waals surface area contributed by atoms with Crippen LogP contribution in [0.4, 0.5) is 0 Å². The normalized spacial score (nSPS) is 11.6. The van der Waals surface area contributed by atoms with Gasteiger partial charge < -0.3 is 0 Å². The van der Waals surface area contributed by atoms with E-state index in [1.54, 1.807) is 20.2 Å². The zero-order valence-corrected chi connectivity index (χ0v) is 33.9. The van der Waals surface area contributed by atoms with E-state index < -0.39 is 0 Å². The Kier molecular flexibility index (Phi) is 33.8. The number of unbranched alkanes of at least 4 members (excludes halogenated alkanes) is 25. The van der Waals surface area contributed by atoms with Crippen molar-refractivity contribution < 1.29 is 0 Å². The van der Waals surface area contributed by atoms with Gasteiger partial charge in [-0.05, 0) is 67.1 Å². The first-order chi connectivity index (χ1) is 22.8. The molecule has 0 spiro atoms. The highest BCUT2D eigenvalue weighted by molar-refractivity contribution is 8.03. The van der Waals surface area contributed by atoms with Crippen LogP contribution in [0.15, 0.2) is 26.8 Å². The fraction of sp³-hybridized carbons (Fsp3) is 0.837. The monoisotopic (exact) mass is 692 g/mol. The smallest absolute Gasteiger partial charge is 0.0344 e. The molecule has 0 saturated heterocycles. The first-order valence-electron chi connectivity index (χ1n) is 20.6. The van der Waals surface area contributed by atoms with E-state index in [9.17, 15) is 0 Å². The average Bonchev–Trinajstić information content (AvgIpc) is 3.07. The van der Waals surface area contributed by atoms with Gasteiger partial charge in [-0.2, -0.15) is 0 Å². The van der Waals surface area contributed by atoms with Crippen molar-refractivity contribution in [2.45, 2.75) is 228 Å². The Morgan fingerprint density at radius 1 is 0.391 bits per heavy atom. The van der Waals surface area contributed by atoms with Crippen molar-refractivity contribution in [1.29, 1.82) is 0 Å². The summed E-state index contributed by atoms with van der Waals surface area (Å²) in [4.78, 5) is 4.81. The van der Waals surface area contributed by atoms with Crippen molar-refractivity contribution in [3.05, 3.63) is 24.6 Å². The summed E-state index contributed by atoms with van der Waals surface area (Å²) in [5.41, 5.74) is 1.56. The topological polar surface area (TPSA) is 0 Å². The number of aryl methyl sites for hydroxylation is 1. The highest BCUT2D eigenvalue weighted by Gasteiger charge is 2.14. The second-order valence-corrected chi connectivity index (χ2v) is 17.3. The van der Waals surface area contributed by atoms with Crippen LogP contribution in [0.3, 0.4) is 0 Å². The van der Waals surface area contributed by atoms with E-state index >= 15 is 0 Å². The fourth-order valence-corrected chi connectivity index (χ4v) is 10.1. The molecular formula is C43H79S3. The van der Waals surface area contributed by atoms with Crippen molar-refractivity contribution in [3.63, 3.8) is 0 Å². The molecule has 1 aromatic carbocycles. The zero-order chi connectivity index (χ0) is 33.2. The second-order valence-electron chi connectivity index (χ2n) is 13.9. The lowest BCUT2D eigenvalue weighted by Gasteiger charge is -2.17. The number of benzene rings is 1. The quantitative estimate of drug-likeness (QED) is 0.0508. The first-order valence-corrected chi connectivity index (χ1v) is 23.6. The van der Waals surface area contributed by atoms with Crippen molar-refractivity contribution in [3.8, 4) is 0 Å². The summed E-state index contributed by atoms with van der Waals surface area (Å²) in [6.07, 6.45) is 41.7. The Labute approximate surface area is 303 Å². The third kappa shape index (κ3) is 26.2. The van der Waals surface area contributed by atoms with Crippen LogP contribution in [-0.2, 0) is 6.42 Å². The van der Waals surface area contributed by atoms with Gasteiger partial charge in [0.2, 0.25) is 0 Å². The molecule has 0 aliphatic rings. The molecule has 0 saturated carbocycles. The van der Waals surface area contributed by atoms with Crippen LogP contribution in [0.1, 0.15) is 213 Å². The number of thioether (sulfide) groups is 3. The highest BCUT2D eigenvalue weighted by atomic mass is 32.2. The van der Waals surface area contributed by atoms with Crippen molar-refractivity contribution in [1.82, 2.24) is 0 Å². The summed E-state index contributed by atoms with van der Waals surface area (Å²) in [7, 11) is 0. The van der Waals surface area contributed by atoms with Gasteiger partial charge in [-0.15, -0.1) is 35.3 Å². The Hall–Kier alpha value is 0.270. The summed E-state index contributed by atoms with van der Waals surface area (Å²) in [5, 5.41) is 0. The summed E-state index contributed by atoms with van der Waals surface area (Å²) in [6.45, 7) is 11.1. The van der Waals surface area contributed by atoms with Gasteiger partial charge in [0.15, 0.2) is 0 Å². The maximum Gasteiger partial charge on any atom is 0.0344 e. The average molecular weight is 692 g/mol. The summed E-state index contributed by atoms with van der Waals surface area (Å²) < 4.78 is 0. The van der Waals surface area contributed by atoms with Crippen LogP contribution < -0.4 is 0 Å². The van der Waals surface area contributed by atoms with Crippen LogP contribution >= 0.6 is 35.3 Å². The van der Waals surface area contributed by atoms with Gasteiger partial charge in [0.05, 0.1) is 0 Å². The Bertz CT molecular complexity index is 715. The lowest BCUT2D eigenvalue weighted by Crippen LogP contribution is -1.95. The molecule has 1 radical (unpaired) electrons. The van der Waals surface area contributed by atoms with E-state index in [-0.39, 0.29) is 0 Å². The van der Waals surface area contributed by atoms with Crippen molar-refractivity contribution in [2.24, 2.45) is 0 Å². The molecule has 0 atom stereocenters. The molecule has 0 bridgehead atoms. The van der Waals surface area contributed by atoms with Crippen molar-refractivity contribution >= 4 is 35.3 Å². The molecule has 3 heteroatoms. The SMILES string of the molecule is [CH2]CCCc1cc(SCCCCCCCCCCC)c(SCCCCCCCCCCC)c(SCCCCCCCCCCC)c1. The fourth-order valence-electron chi connectivity index (χ4n) is 6.24. The standard InChI is InChI=1S/C43H79S3/c1-5-9-13-16-19-22-25-28-31-35-44-41-38-40(34-12-8-4)39-42(45-36-32-29-26-23-20-17-14-10-6-2)43(41)46-37-33-30-27-24-21-18-15-11-7-3/h38-39H,4-37H2,1-3H3. The Morgan fingerprint density at radius 2 is 0.696 bits per heavy atom. The Morgan fingerprint density at radius 3 is 1.02 bits per heavy atom. The maximum absolute atomic E-state index is 4.15. The molecule has 0 heterocycles. The van der Waals surface area contributed by atoms with E-state index in [4.69, 9.17) is 0 Å². The predicted octanol–water partition coefficient (Wildman–Crippen LogP) is 16.7. The van der Waals surface area contributed by atoms with Gasteiger partial charge in [0, 0.05) is 14.7 Å². The predicted molar refractivity (Wildman–Crippen MR) is 219 cm³/mol. The van der Waals surface area contributed by atoms with E-state index in [2.05, 4.69) is 75.1 Å². The van der Waals surface area contributed by atoms with Gasteiger partial charge in [-0.3, -0.25) is 0 Å². The molecule has 269 valence electrons. The summed E-state index contributed by atoms with van der Waals surface area (Å²) >= 11 is 6.54. The number of rotatable bonds is 36. The van der Waals surface area contributed by atoms with Crippen LogP contribution in [0.25, 0.3) is 0 Å². The maximum atomic E-state index is 4.15. The van der Waals surface area contributed by atoms with E-state index in [1.807, 2.05) is 0 Å². The molecule has 0 fully saturated rings. The molecule has 0 aliphatic heterocycles. The molecule has 1 aromatic rings. The van der Waals surface area contributed by atoms with Gasteiger partial charge in [0.1, 0.15) is 0 Å². The van der Waals surface area contributed by atoms with Crippen molar-refractivity contribution in [2.75, 3.05) is 17.3 Å². The van der Waals surface area contributed by atoms with Gasteiger partial charge in [0.25, 0.3) is 0 Å². The first kappa shape index (κ1) is 44.3. The summed E-state index contributed by atoms with van der Waals surface area (Å²) in [6, 6.07) is 5.16. The molecule has 0 aromatic heterocycles. The molecule has 1 rings (SSSR count). The molecular weight excluding hydrogens is 613 g/mol. The second kappa shape index (κ2) is 35.1. The van der Waals surface area contributed by atoms with Crippen LogP contribution in [0.2, 0.25) is 0 Å². The molecule has 0 unspecified atom stereocenters. The number of hydrogen-bond acceptors (Lipinski definition) is 3. The van der Waals surface area contributed by atoms with Gasteiger partial charge in [-0.1, -0.05) is 188 Å². The molecule has 46 heavy (non-hydrogen) atoms. The minimum absolute atomic E-state index is 1.04. The molecule has 0 nitrogen and oxygen atoms in total. The van der Waals surface area contributed by atoms with E-state index in [0.29, 0.717) is 0 Å². The molecule has 0 aliphatic carbocycles. The molecule has 0 N–H and O–H groups in total. The minimum Gasteiger partial charge on any atom is -0.125 e. The highest BCUT2D eigenvalue weighted by Crippen LogP contribution is 2.41. The minimum atomic E-state index is 1.04. The lowest BCUT2D eigenvalue weighted by molar-refractivity contribution is 0.573. The lowest BCUT2D eigenvalue weighted by atomic mass is 10.1. The van der Waals surface area contributed by atoms with Gasteiger partial charge in [-0.25, -0.2) is 0 Å². The van der Waals surface area contributed by atoms with Crippen LogP contribution in [0.5, 0.6) is 0 Å². The third-order valence-electron chi connectivity index (χ3n) is 9.30. The Balaban J connectivity index is 2.68. The van der Waals surface area contributed by atoms with E-state index in [0.717, 1.165) is 6.42 Å². The van der Waals surface area contributed by atoms with Crippen LogP contribution in [0, 0.1) is 6.92 Å². The van der Waals surface area contributed by atoms with Gasteiger partial charge >= 0.3 is 0 Å². The van der Waals surface area contributed by atoms with Crippen LogP contribution in [-0.4, -0.2) is 17.3 Å². The number of hydrogen-bond donors (Lipinski definition) is 0. The summed E-state index contributed by atoms with van der Waals surface area (Å²) in [5.74, 6) is 3.84. The zero-order valence-electron chi connectivity index (χ0n) is 31.4. The van der Waals surface area contributed by atoms with E-state index in [1.165, 1.54) is 203 Å². The third-order valence-corrected chi connectivity index (χ3v) is 13.0. The molecule has 0 amide bonds. The largest absolute Gasteiger partial charge is 0.125 e.